The third-order valence-corrected chi connectivity index (χ3v) is 5.38. The van der Waals surface area contributed by atoms with Crippen LogP contribution >= 0.6 is 11.6 Å². The predicted molar refractivity (Wildman–Crippen MR) is 125 cm³/mol. The van der Waals surface area contributed by atoms with E-state index in [4.69, 9.17) is 16.3 Å². The van der Waals surface area contributed by atoms with Crippen LogP contribution in [0.4, 0.5) is 16.2 Å². The fraction of sp³-hybridized carbons (Fsp3) is 0.400. The highest BCUT2D eigenvalue weighted by Crippen LogP contribution is 2.32. The number of aryl methyl sites for hydroxylation is 1. The van der Waals surface area contributed by atoms with Gasteiger partial charge in [-0.15, -0.1) is 0 Å². The molecular formula is C25H31ClN2O2. The second-order valence-corrected chi connectivity index (χ2v) is 9.24. The Morgan fingerprint density at radius 3 is 2.63 bits per heavy atom. The number of anilines is 2. The Bertz CT molecular complexity index is 946. The molecule has 0 bridgehead atoms. The zero-order chi connectivity index (χ0) is 21.9. The van der Waals surface area contributed by atoms with Crippen LogP contribution in [0.3, 0.4) is 0 Å². The normalized spacial score (nSPS) is 15.9. The van der Waals surface area contributed by atoms with E-state index < -0.39 is 5.60 Å². The molecule has 2 aromatic carbocycles. The second kappa shape index (κ2) is 9.13. The third kappa shape index (κ3) is 5.57. The van der Waals surface area contributed by atoms with E-state index >= 15 is 0 Å². The number of hydrogen-bond acceptors (Lipinski definition) is 3. The summed E-state index contributed by atoms with van der Waals surface area (Å²) in [5.74, 6) is 0. The minimum absolute atomic E-state index is 0.270. The SMILES string of the molecule is Cc1ccc(N(C)c2cccc(C=C3CCCCN3C(=O)OC(C)(C)C)c2)c(Cl)c1. The lowest BCUT2D eigenvalue weighted by molar-refractivity contribution is 0.0289. The van der Waals surface area contributed by atoms with Crippen molar-refractivity contribution in [3.8, 4) is 0 Å². The van der Waals surface area contributed by atoms with Gasteiger partial charge in [-0.05, 0) is 88.4 Å². The van der Waals surface area contributed by atoms with E-state index in [0.717, 1.165) is 52.5 Å². The molecule has 0 aromatic heterocycles. The highest BCUT2D eigenvalue weighted by molar-refractivity contribution is 6.33. The summed E-state index contributed by atoms with van der Waals surface area (Å²) >= 11 is 6.46. The summed E-state index contributed by atoms with van der Waals surface area (Å²) in [6.07, 6.45) is 4.75. The molecule has 2 aromatic rings. The molecule has 30 heavy (non-hydrogen) atoms. The first-order valence-electron chi connectivity index (χ1n) is 10.4. The van der Waals surface area contributed by atoms with Crippen LogP contribution in [-0.4, -0.2) is 30.2 Å². The lowest BCUT2D eigenvalue weighted by atomic mass is 10.0. The van der Waals surface area contributed by atoms with Crippen molar-refractivity contribution in [2.45, 2.75) is 52.6 Å². The van der Waals surface area contributed by atoms with Crippen LogP contribution < -0.4 is 4.90 Å². The molecule has 1 heterocycles. The van der Waals surface area contributed by atoms with Crippen molar-refractivity contribution >= 4 is 35.1 Å². The molecule has 3 rings (SSSR count). The smallest absolute Gasteiger partial charge is 0.414 e. The number of carbonyl (C=O) groups excluding carboxylic acids is 1. The monoisotopic (exact) mass is 426 g/mol. The largest absolute Gasteiger partial charge is 0.443 e. The zero-order valence-corrected chi connectivity index (χ0v) is 19.3. The van der Waals surface area contributed by atoms with Gasteiger partial charge in [0, 0.05) is 25.0 Å². The van der Waals surface area contributed by atoms with Crippen LogP contribution in [0.1, 0.15) is 51.2 Å². The summed E-state index contributed by atoms with van der Waals surface area (Å²) in [5.41, 5.74) is 4.68. The van der Waals surface area contributed by atoms with E-state index in [1.54, 1.807) is 4.90 Å². The molecule has 0 spiro atoms. The quantitative estimate of drug-likeness (QED) is 0.521. The average Bonchev–Trinajstić information content (AvgIpc) is 2.67. The molecule has 1 amide bonds. The number of carbonyl (C=O) groups is 1. The maximum atomic E-state index is 12.7. The Labute approximate surface area is 185 Å². The molecule has 0 N–H and O–H groups in total. The maximum absolute atomic E-state index is 12.7. The Kier molecular flexibility index (Phi) is 6.77. The van der Waals surface area contributed by atoms with E-state index in [1.165, 1.54) is 0 Å². The van der Waals surface area contributed by atoms with Crippen molar-refractivity contribution in [3.63, 3.8) is 0 Å². The fourth-order valence-corrected chi connectivity index (χ4v) is 3.93. The van der Waals surface area contributed by atoms with Crippen LogP contribution in [-0.2, 0) is 4.74 Å². The molecule has 0 aliphatic carbocycles. The van der Waals surface area contributed by atoms with Gasteiger partial charge in [-0.25, -0.2) is 4.79 Å². The van der Waals surface area contributed by atoms with Gasteiger partial charge in [-0.1, -0.05) is 29.8 Å². The standard InChI is InChI=1S/C25H31ClN2O2/c1-18-12-13-23(22(26)15-18)27(5)20-11-8-9-19(16-20)17-21-10-6-7-14-28(21)24(29)30-25(2,3)4/h8-9,11-13,15-17H,6-7,10,14H2,1-5H3. The lowest BCUT2D eigenvalue weighted by Gasteiger charge is -2.32. The zero-order valence-electron chi connectivity index (χ0n) is 18.5. The third-order valence-electron chi connectivity index (χ3n) is 5.08. The minimum Gasteiger partial charge on any atom is -0.443 e. The number of amides is 1. The van der Waals surface area contributed by atoms with Gasteiger partial charge in [0.1, 0.15) is 5.60 Å². The number of ether oxygens (including phenoxy) is 1. The van der Waals surface area contributed by atoms with E-state index in [2.05, 4.69) is 35.2 Å². The number of piperidine rings is 1. The first-order valence-corrected chi connectivity index (χ1v) is 10.8. The van der Waals surface area contributed by atoms with Gasteiger partial charge in [0.15, 0.2) is 0 Å². The summed E-state index contributed by atoms with van der Waals surface area (Å²) < 4.78 is 5.61. The predicted octanol–water partition coefficient (Wildman–Crippen LogP) is 7.18. The number of halogens is 1. The Morgan fingerprint density at radius 1 is 1.17 bits per heavy atom. The van der Waals surface area contributed by atoms with Crippen molar-refractivity contribution in [2.75, 3.05) is 18.5 Å². The van der Waals surface area contributed by atoms with Gasteiger partial charge in [0.05, 0.1) is 10.7 Å². The van der Waals surface area contributed by atoms with E-state index in [9.17, 15) is 4.79 Å². The molecule has 1 aliphatic heterocycles. The van der Waals surface area contributed by atoms with Crippen molar-refractivity contribution in [3.05, 3.63) is 64.3 Å². The van der Waals surface area contributed by atoms with E-state index in [-0.39, 0.29) is 6.09 Å². The van der Waals surface area contributed by atoms with E-state index in [0.29, 0.717) is 6.54 Å². The first kappa shape index (κ1) is 22.2. The van der Waals surface area contributed by atoms with Crippen LogP contribution in [0.2, 0.25) is 5.02 Å². The fourth-order valence-electron chi connectivity index (χ4n) is 3.57. The average molecular weight is 427 g/mol. The van der Waals surface area contributed by atoms with Crippen LogP contribution in [0.15, 0.2) is 48.2 Å². The number of likely N-dealkylation sites (tertiary alicyclic amines) is 1. The van der Waals surface area contributed by atoms with Gasteiger partial charge >= 0.3 is 6.09 Å². The molecule has 1 saturated heterocycles. The van der Waals surface area contributed by atoms with Crippen molar-refractivity contribution in [1.82, 2.24) is 4.90 Å². The van der Waals surface area contributed by atoms with Crippen LogP contribution in [0.5, 0.6) is 0 Å². The summed E-state index contributed by atoms with van der Waals surface area (Å²) in [7, 11) is 2.01. The highest BCUT2D eigenvalue weighted by Gasteiger charge is 2.26. The van der Waals surface area contributed by atoms with Crippen molar-refractivity contribution < 1.29 is 9.53 Å². The summed E-state index contributed by atoms with van der Waals surface area (Å²) in [6.45, 7) is 8.41. The van der Waals surface area contributed by atoms with Crippen molar-refractivity contribution in [1.29, 1.82) is 0 Å². The number of nitrogens with zero attached hydrogens (tertiary/aromatic N) is 2. The molecule has 1 fully saturated rings. The van der Waals surface area contributed by atoms with Crippen LogP contribution in [0.25, 0.3) is 6.08 Å². The van der Waals surface area contributed by atoms with Gasteiger partial charge in [-0.3, -0.25) is 4.90 Å². The molecule has 160 valence electrons. The summed E-state index contributed by atoms with van der Waals surface area (Å²) in [4.78, 5) is 16.5. The van der Waals surface area contributed by atoms with Gasteiger partial charge in [0.25, 0.3) is 0 Å². The van der Waals surface area contributed by atoms with Gasteiger partial charge in [-0.2, -0.15) is 0 Å². The molecule has 1 aliphatic rings. The summed E-state index contributed by atoms with van der Waals surface area (Å²) in [6, 6.07) is 14.3. The topological polar surface area (TPSA) is 32.8 Å². The number of benzene rings is 2. The molecule has 5 heteroatoms. The molecular weight excluding hydrogens is 396 g/mol. The molecule has 0 unspecified atom stereocenters. The second-order valence-electron chi connectivity index (χ2n) is 8.83. The number of hydrogen-bond donors (Lipinski definition) is 0. The Hall–Kier alpha value is -2.46. The van der Waals surface area contributed by atoms with Crippen molar-refractivity contribution in [2.24, 2.45) is 0 Å². The van der Waals surface area contributed by atoms with Gasteiger partial charge < -0.3 is 9.64 Å². The molecule has 0 saturated carbocycles. The molecule has 0 atom stereocenters. The maximum Gasteiger partial charge on any atom is 0.414 e. The highest BCUT2D eigenvalue weighted by atomic mass is 35.5. The number of allylic oxidation sites excluding steroid dienone is 1. The van der Waals surface area contributed by atoms with Crippen LogP contribution in [0, 0.1) is 6.92 Å². The Balaban J connectivity index is 1.86. The summed E-state index contributed by atoms with van der Waals surface area (Å²) in [5, 5.41) is 0.727. The molecule has 0 radical (unpaired) electrons. The molecule has 4 nitrogen and oxygen atoms in total. The Morgan fingerprint density at radius 2 is 1.93 bits per heavy atom. The first-order chi connectivity index (χ1) is 14.1. The number of rotatable bonds is 3. The lowest BCUT2D eigenvalue weighted by Crippen LogP contribution is -2.38. The van der Waals surface area contributed by atoms with Gasteiger partial charge in [0.2, 0.25) is 0 Å². The van der Waals surface area contributed by atoms with E-state index in [1.807, 2.05) is 52.9 Å². The minimum atomic E-state index is -0.504.